The maximum absolute atomic E-state index is 11.4. The van der Waals surface area contributed by atoms with Gasteiger partial charge in [-0.15, -0.1) is 0 Å². The summed E-state index contributed by atoms with van der Waals surface area (Å²) in [5.41, 5.74) is 0.0129. The molecule has 0 unspecified atom stereocenters. The molecule has 0 aromatic heterocycles. The second-order valence-corrected chi connectivity index (χ2v) is 4.21. The van der Waals surface area contributed by atoms with Crippen LogP contribution in [-0.2, 0) is 9.63 Å². The highest BCUT2D eigenvalue weighted by atomic mass is 16.7. The van der Waals surface area contributed by atoms with Crippen molar-refractivity contribution in [2.24, 2.45) is 5.41 Å². The molecule has 0 aromatic rings. The zero-order chi connectivity index (χ0) is 11.2. The molecule has 4 heteroatoms. The van der Waals surface area contributed by atoms with Crippen LogP contribution in [0.5, 0.6) is 0 Å². The second-order valence-electron chi connectivity index (χ2n) is 4.21. The summed E-state index contributed by atoms with van der Waals surface area (Å²) in [5, 5.41) is 10.0. The third-order valence-corrected chi connectivity index (χ3v) is 2.43. The molecule has 0 aromatic carbocycles. The molecule has 84 valence electrons. The summed E-state index contributed by atoms with van der Waals surface area (Å²) in [6.45, 7) is 4.26. The Bertz CT molecular complexity index is 180. The summed E-state index contributed by atoms with van der Waals surface area (Å²) >= 11 is 0. The van der Waals surface area contributed by atoms with E-state index < -0.39 is 0 Å². The van der Waals surface area contributed by atoms with Gasteiger partial charge in [-0.05, 0) is 18.3 Å². The van der Waals surface area contributed by atoms with Crippen LogP contribution in [0.1, 0.15) is 33.1 Å². The molecule has 0 aliphatic carbocycles. The van der Waals surface area contributed by atoms with E-state index in [2.05, 4.69) is 0 Å². The van der Waals surface area contributed by atoms with E-state index in [1.165, 1.54) is 12.2 Å². The lowest BCUT2D eigenvalue weighted by Gasteiger charge is -2.24. The van der Waals surface area contributed by atoms with Crippen LogP contribution in [0.4, 0.5) is 0 Å². The zero-order valence-corrected chi connectivity index (χ0v) is 9.54. The fourth-order valence-electron chi connectivity index (χ4n) is 1.13. The standard InChI is InChI=1S/C10H21NO3/c1-10(2,7-8-12)6-5-9(13)11(3)14-4/h12H,5-8H2,1-4H3. The zero-order valence-electron chi connectivity index (χ0n) is 9.54. The second kappa shape index (κ2) is 5.98. The Labute approximate surface area is 85.8 Å². The van der Waals surface area contributed by atoms with Gasteiger partial charge in [0.25, 0.3) is 0 Å². The summed E-state index contributed by atoms with van der Waals surface area (Å²) < 4.78 is 0. The molecule has 1 amide bonds. The summed E-state index contributed by atoms with van der Waals surface area (Å²) in [5.74, 6) is -0.0292. The van der Waals surface area contributed by atoms with Crippen LogP contribution in [0.3, 0.4) is 0 Å². The first-order valence-electron chi connectivity index (χ1n) is 4.84. The quantitative estimate of drug-likeness (QED) is 0.660. The molecule has 0 fully saturated rings. The minimum Gasteiger partial charge on any atom is -0.396 e. The number of carbonyl (C=O) groups is 1. The van der Waals surface area contributed by atoms with E-state index in [-0.39, 0.29) is 17.9 Å². The molecule has 0 saturated heterocycles. The molecule has 0 saturated carbocycles. The first kappa shape index (κ1) is 13.4. The largest absolute Gasteiger partial charge is 0.396 e. The molecule has 0 spiro atoms. The topological polar surface area (TPSA) is 49.8 Å². The number of carbonyl (C=O) groups excluding carboxylic acids is 1. The van der Waals surface area contributed by atoms with Crippen LogP contribution in [0, 0.1) is 5.41 Å². The van der Waals surface area contributed by atoms with E-state index in [4.69, 9.17) is 9.94 Å². The predicted molar refractivity (Wildman–Crippen MR) is 54.5 cm³/mol. The van der Waals surface area contributed by atoms with Gasteiger partial charge in [-0.2, -0.15) is 0 Å². The van der Waals surface area contributed by atoms with Crippen molar-refractivity contribution >= 4 is 5.91 Å². The number of amides is 1. The number of aliphatic hydroxyl groups is 1. The van der Waals surface area contributed by atoms with Gasteiger partial charge in [0, 0.05) is 20.1 Å². The van der Waals surface area contributed by atoms with Gasteiger partial charge < -0.3 is 5.11 Å². The van der Waals surface area contributed by atoms with Gasteiger partial charge in [-0.1, -0.05) is 13.8 Å². The van der Waals surface area contributed by atoms with Crippen LogP contribution in [-0.4, -0.2) is 36.8 Å². The maximum atomic E-state index is 11.4. The average molecular weight is 203 g/mol. The van der Waals surface area contributed by atoms with E-state index in [0.29, 0.717) is 6.42 Å². The number of hydrogen-bond acceptors (Lipinski definition) is 3. The van der Waals surface area contributed by atoms with Crippen LogP contribution < -0.4 is 0 Å². The van der Waals surface area contributed by atoms with E-state index in [1.54, 1.807) is 7.05 Å². The molecular weight excluding hydrogens is 182 g/mol. The molecule has 0 aliphatic rings. The number of rotatable bonds is 6. The third-order valence-electron chi connectivity index (χ3n) is 2.43. The van der Waals surface area contributed by atoms with Gasteiger partial charge >= 0.3 is 0 Å². The van der Waals surface area contributed by atoms with E-state index in [1.807, 2.05) is 13.8 Å². The minimum absolute atomic E-state index is 0.0129. The molecule has 1 N–H and O–H groups in total. The highest BCUT2D eigenvalue weighted by molar-refractivity contribution is 5.74. The van der Waals surface area contributed by atoms with Crippen LogP contribution in [0.15, 0.2) is 0 Å². The van der Waals surface area contributed by atoms with Crippen molar-refractivity contribution in [1.29, 1.82) is 0 Å². The molecule has 0 rings (SSSR count). The summed E-state index contributed by atoms with van der Waals surface area (Å²) in [4.78, 5) is 16.1. The lowest BCUT2D eigenvalue weighted by atomic mass is 9.84. The molecule has 0 bridgehead atoms. The van der Waals surface area contributed by atoms with Gasteiger partial charge in [0.2, 0.25) is 5.91 Å². The van der Waals surface area contributed by atoms with Crippen molar-refractivity contribution in [3.63, 3.8) is 0 Å². The Hall–Kier alpha value is -0.610. The number of hydroxylamine groups is 2. The van der Waals surface area contributed by atoms with Gasteiger partial charge in [-0.3, -0.25) is 9.63 Å². The van der Waals surface area contributed by atoms with Gasteiger partial charge in [0.15, 0.2) is 0 Å². The molecule has 4 nitrogen and oxygen atoms in total. The predicted octanol–water partition coefficient (Wildman–Crippen LogP) is 1.19. The maximum Gasteiger partial charge on any atom is 0.245 e. The smallest absolute Gasteiger partial charge is 0.245 e. The SMILES string of the molecule is CON(C)C(=O)CCC(C)(C)CCO. The molecule has 14 heavy (non-hydrogen) atoms. The lowest BCUT2D eigenvalue weighted by Crippen LogP contribution is -2.27. The Morgan fingerprint density at radius 3 is 2.43 bits per heavy atom. The van der Waals surface area contributed by atoms with Crippen molar-refractivity contribution in [1.82, 2.24) is 5.06 Å². The number of nitrogens with zero attached hydrogens (tertiary/aromatic N) is 1. The Morgan fingerprint density at radius 2 is 2.00 bits per heavy atom. The van der Waals surface area contributed by atoms with Gasteiger partial charge in [0.1, 0.15) is 0 Å². The molecule has 0 radical (unpaired) electrons. The van der Waals surface area contributed by atoms with Crippen molar-refractivity contribution in [2.75, 3.05) is 20.8 Å². The summed E-state index contributed by atoms with van der Waals surface area (Å²) in [6.07, 6.45) is 1.94. The summed E-state index contributed by atoms with van der Waals surface area (Å²) in [7, 11) is 3.07. The Balaban J connectivity index is 3.87. The van der Waals surface area contributed by atoms with Crippen molar-refractivity contribution in [2.45, 2.75) is 33.1 Å². The molecule has 0 heterocycles. The lowest BCUT2D eigenvalue weighted by molar-refractivity contribution is -0.169. The molecule has 0 aliphatic heterocycles. The normalized spacial score (nSPS) is 11.5. The van der Waals surface area contributed by atoms with Gasteiger partial charge in [0.05, 0.1) is 7.11 Å². The van der Waals surface area contributed by atoms with Gasteiger partial charge in [-0.25, -0.2) is 5.06 Å². The number of aliphatic hydroxyl groups excluding tert-OH is 1. The van der Waals surface area contributed by atoms with Crippen LogP contribution >= 0.6 is 0 Å². The first-order chi connectivity index (χ1) is 6.43. The fourth-order valence-corrected chi connectivity index (χ4v) is 1.13. The van der Waals surface area contributed by atoms with Crippen molar-refractivity contribution in [3.8, 4) is 0 Å². The first-order valence-corrected chi connectivity index (χ1v) is 4.84. The highest BCUT2D eigenvalue weighted by Crippen LogP contribution is 2.26. The fraction of sp³-hybridized carbons (Fsp3) is 0.900. The molecule has 0 atom stereocenters. The van der Waals surface area contributed by atoms with Crippen molar-refractivity contribution in [3.05, 3.63) is 0 Å². The minimum atomic E-state index is -0.0292. The monoisotopic (exact) mass is 203 g/mol. The van der Waals surface area contributed by atoms with Crippen LogP contribution in [0.2, 0.25) is 0 Å². The average Bonchev–Trinajstić information content (AvgIpc) is 2.13. The van der Waals surface area contributed by atoms with E-state index in [0.717, 1.165) is 12.8 Å². The number of hydrogen-bond donors (Lipinski definition) is 1. The van der Waals surface area contributed by atoms with Crippen molar-refractivity contribution < 1.29 is 14.7 Å². The van der Waals surface area contributed by atoms with E-state index >= 15 is 0 Å². The van der Waals surface area contributed by atoms with Crippen LogP contribution in [0.25, 0.3) is 0 Å². The Morgan fingerprint density at radius 1 is 1.43 bits per heavy atom. The highest BCUT2D eigenvalue weighted by Gasteiger charge is 2.19. The molecular formula is C10H21NO3. The summed E-state index contributed by atoms with van der Waals surface area (Å²) in [6, 6.07) is 0. The Kier molecular flexibility index (Phi) is 5.72. The third kappa shape index (κ3) is 5.19. The van der Waals surface area contributed by atoms with E-state index in [9.17, 15) is 4.79 Å².